The first kappa shape index (κ1) is 13.6. The van der Waals surface area contributed by atoms with Gasteiger partial charge in [0.15, 0.2) is 0 Å². The van der Waals surface area contributed by atoms with E-state index in [0.717, 1.165) is 25.1 Å². The largest absolute Gasteiger partial charge is 0.481 e. The zero-order valence-electron chi connectivity index (χ0n) is 10.1. The van der Waals surface area contributed by atoms with Gasteiger partial charge in [-0.2, -0.15) is 13.2 Å². The van der Waals surface area contributed by atoms with Gasteiger partial charge < -0.3 is 10.0 Å². The Morgan fingerprint density at radius 3 is 2.53 bits per heavy atom. The van der Waals surface area contributed by atoms with Crippen molar-refractivity contribution < 1.29 is 23.1 Å². The van der Waals surface area contributed by atoms with Crippen molar-refractivity contribution >= 4 is 11.8 Å². The van der Waals surface area contributed by atoms with Gasteiger partial charge in [0.1, 0.15) is 5.82 Å². The minimum atomic E-state index is -4.57. The molecule has 0 amide bonds. The summed E-state index contributed by atoms with van der Waals surface area (Å²) in [6.07, 6.45) is -2.37. The van der Waals surface area contributed by atoms with Crippen LogP contribution in [0.15, 0.2) is 12.3 Å². The van der Waals surface area contributed by atoms with Crippen molar-refractivity contribution in [3.05, 3.63) is 23.4 Å². The van der Waals surface area contributed by atoms with Crippen LogP contribution in [0.25, 0.3) is 0 Å². The van der Waals surface area contributed by atoms with Gasteiger partial charge in [0.2, 0.25) is 0 Å². The Bertz CT molecular complexity index is 482. The molecule has 7 heteroatoms. The number of halogens is 3. The number of carboxylic acids is 1. The second-order valence-corrected chi connectivity index (χ2v) is 4.46. The third-order valence-electron chi connectivity index (χ3n) is 3.05. The van der Waals surface area contributed by atoms with Crippen LogP contribution in [0.5, 0.6) is 0 Å². The maximum Gasteiger partial charge on any atom is 0.416 e. The number of carboxylic acid groups (broad SMARTS) is 1. The molecule has 0 saturated carbocycles. The molecule has 1 N–H and O–H groups in total. The van der Waals surface area contributed by atoms with Gasteiger partial charge in [0.25, 0.3) is 0 Å². The van der Waals surface area contributed by atoms with E-state index in [1.54, 1.807) is 4.90 Å². The second kappa shape index (κ2) is 5.07. The lowest BCUT2D eigenvalue weighted by molar-refractivity contribution is -0.139. The van der Waals surface area contributed by atoms with E-state index in [1.807, 2.05) is 0 Å². The van der Waals surface area contributed by atoms with E-state index in [1.165, 1.54) is 0 Å². The summed E-state index contributed by atoms with van der Waals surface area (Å²) in [5.74, 6) is -1.04. The average Bonchev–Trinajstić information content (AvgIpc) is 2.80. The molecule has 0 radical (unpaired) electrons. The number of alkyl halides is 3. The van der Waals surface area contributed by atoms with Crippen molar-refractivity contribution in [3.8, 4) is 0 Å². The fourth-order valence-electron chi connectivity index (χ4n) is 2.16. The molecule has 0 aliphatic carbocycles. The maximum absolute atomic E-state index is 12.9. The van der Waals surface area contributed by atoms with Gasteiger partial charge in [0.05, 0.1) is 12.0 Å². The fourth-order valence-corrected chi connectivity index (χ4v) is 2.16. The van der Waals surface area contributed by atoms with E-state index >= 15 is 0 Å². The molecule has 1 aromatic rings. The van der Waals surface area contributed by atoms with Crippen molar-refractivity contribution in [2.75, 3.05) is 18.0 Å². The van der Waals surface area contributed by atoms with Crippen molar-refractivity contribution in [1.29, 1.82) is 0 Å². The monoisotopic (exact) mass is 274 g/mol. The summed E-state index contributed by atoms with van der Waals surface area (Å²) in [6, 6.07) is 0.948. The lowest BCUT2D eigenvalue weighted by Crippen LogP contribution is -2.21. The number of carbonyl (C=O) groups is 1. The van der Waals surface area contributed by atoms with E-state index in [2.05, 4.69) is 4.98 Å². The van der Waals surface area contributed by atoms with Crippen molar-refractivity contribution in [1.82, 2.24) is 4.98 Å². The van der Waals surface area contributed by atoms with Gasteiger partial charge in [-0.15, -0.1) is 0 Å². The summed E-state index contributed by atoms with van der Waals surface area (Å²) in [6.45, 7) is 1.37. The Balaban J connectivity index is 2.38. The molecular formula is C12H13F3N2O2. The standard InChI is InChI=1S/C12H13F3N2O2/c13-12(14,15)9-6-10(17-3-1-2-4-17)16-7-8(9)5-11(18)19/h6-7H,1-5H2,(H,18,19). The molecule has 1 aliphatic rings. The normalized spacial score (nSPS) is 15.8. The topological polar surface area (TPSA) is 53.4 Å². The highest BCUT2D eigenvalue weighted by atomic mass is 19.4. The molecular weight excluding hydrogens is 261 g/mol. The fraction of sp³-hybridized carbons (Fsp3) is 0.500. The molecule has 2 heterocycles. The summed E-state index contributed by atoms with van der Waals surface area (Å²) in [5.41, 5.74) is -1.21. The molecule has 1 fully saturated rings. The van der Waals surface area contributed by atoms with Crippen molar-refractivity contribution in [3.63, 3.8) is 0 Å². The van der Waals surface area contributed by atoms with E-state index < -0.39 is 24.1 Å². The number of anilines is 1. The smallest absolute Gasteiger partial charge is 0.416 e. The van der Waals surface area contributed by atoms with E-state index in [-0.39, 0.29) is 11.4 Å². The number of aliphatic carboxylic acids is 1. The molecule has 4 nitrogen and oxygen atoms in total. The number of aromatic nitrogens is 1. The molecule has 0 spiro atoms. The van der Waals surface area contributed by atoms with Crippen LogP contribution < -0.4 is 4.90 Å². The van der Waals surface area contributed by atoms with Gasteiger partial charge >= 0.3 is 12.1 Å². The summed E-state index contributed by atoms with van der Waals surface area (Å²) in [7, 11) is 0. The Morgan fingerprint density at radius 1 is 1.37 bits per heavy atom. The average molecular weight is 274 g/mol. The number of pyridine rings is 1. The lowest BCUT2D eigenvalue weighted by Gasteiger charge is -2.19. The predicted molar refractivity (Wildman–Crippen MR) is 62.0 cm³/mol. The quantitative estimate of drug-likeness (QED) is 0.919. The number of nitrogens with zero attached hydrogens (tertiary/aromatic N) is 2. The predicted octanol–water partition coefficient (Wildman–Crippen LogP) is 2.33. The van der Waals surface area contributed by atoms with E-state index in [9.17, 15) is 18.0 Å². The SMILES string of the molecule is O=C(O)Cc1cnc(N2CCCC2)cc1C(F)(F)F. The Labute approximate surface area is 107 Å². The molecule has 1 aliphatic heterocycles. The molecule has 19 heavy (non-hydrogen) atoms. The van der Waals surface area contributed by atoms with Crippen molar-refractivity contribution in [2.24, 2.45) is 0 Å². The first-order valence-corrected chi connectivity index (χ1v) is 5.91. The number of hydrogen-bond donors (Lipinski definition) is 1. The minimum Gasteiger partial charge on any atom is -0.481 e. The maximum atomic E-state index is 12.9. The molecule has 104 valence electrons. The third-order valence-corrected chi connectivity index (χ3v) is 3.05. The third kappa shape index (κ3) is 3.15. The highest BCUT2D eigenvalue weighted by molar-refractivity contribution is 5.71. The second-order valence-electron chi connectivity index (χ2n) is 4.46. The Hall–Kier alpha value is -1.79. The van der Waals surface area contributed by atoms with Gasteiger partial charge in [-0.3, -0.25) is 4.79 Å². The van der Waals surface area contributed by atoms with Crippen LogP contribution in [0.1, 0.15) is 24.0 Å². The highest BCUT2D eigenvalue weighted by Gasteiger charge is 2.35. The zero-order chi connectivity index (χ0) is 14.0. The highest BCUT2D eigenvalue weighted by Crippen LogP contribution is 2.34. The summed E-state index contributed by atoms with van der Waals surface area (Å²) in [4.78, 5) is 16.3. The molecule has 0 unspecified atom stereocenters. The number of rotatable bonds is 3. The van der Waals surface area contributed by atoms with Crippen LogP contribution in [0, 0.1) is 0 Å². The van der Waals surface area contributed by atoms with Crippen LogP contribution in [-0.4, -0.2) is 29.1 Å². The van der Waals surface area contributed by atoms with E-state index in [4.69, 9.17) is 5.11 Å². The van der Waals surface area contributed by atoms with Crippen molar-refractivity contribution in [2.45, 2.75) is 25.4 Å². The first-order valence-electron chi connectivity index (χ1n) is 5.91. The first-order chi connectivity index (χ1) is 8.88. The van der Waals surface area contributed by atoms with Crippen LogP contribution in [-0.2, 0) is 17.4 Å². The molecule has 2 rings (SSSR count). The van der Waals surface area contributed by atoms with Gasteiger partial charge in [-0.25, -0.2) is 4.98 Å². The molecule has 1 aromatic heterocycles. The molecule has 0 aromatic carbocycles. The lowest BCUT2D eigenvalue weighted by atomic mass is 10.1. The summed E-state index contributed by atoms with van der Waals surface area (Å²) < 4.78 is 38.8. The van der Waals surface area contributed by atoms with E-state index in [0.29, 0.717) is 13.1 Å². The van der Waals surface area contributed by atoms with Gasteiger partial charge in [-0.1, -0.05) is 0 Å². The molecule has 1 saturated heterocycles. The summed E-state index contributed by atoms with van der Waals surface area (Å²) >= 11 is 0. The number of hydrogen-bond acceptors (Lipinski definition) is 3. The van der Waals surface area contributed by atoms with Crippen LogP contribution in [0.2, 0.25) is 0 Å². The summed E-state index contributed by atoms with van der Waals surface area (Å²) in [5, 5.41) is 8.63. The van der Waals surface area contributed by atoms with Gasteiger partial charge in [0, 0.05) is 19.3 Å². The minimum absolute atomic E-state index is 0.263. The Morgan fingerprint density at radius 2 is 2.00 bits per heavy atom. The van der Waals surface area contributed by atoms with Crippen LogP contribution in [0.3, 0.4) is 0 Å². The van der Waals surface area contributed by atoms with Crippen LogP contribution in [0.4, 0.5) is 19.0 Å². The van der Waals surface area contributed by atoms with Gasteiger partial charge in [-0.05, 0) is 24.5 Å². The Kier molecular flexibility index (Phi) is 3.64. The molecule has 0 atom stereocenters. The van der Waals surface area contributed by atoms with Crippen LogP contribution >= 0.6 is 0 Å². The zero-order valence-corrected chi connectivity index (χ0v) is 10.1. The molecule has 0 bridgehead atoms.